The van der Waals surface area contributed by atoms with E-state index in [0.29, 0.717) is 38.5 Å². The lowest BCUT2D eigenvalue weighted by atomic mass is 10.0. The summed E-state index contributed by atoms with van der Waals surface area (Å²) in [4.78, 5) is 16.4. The predicted molar refractivity (Wildman–Crippen MR) is 113 cm³/mol. The van der Waals surface area contributed by atoms with Crippen molar-refractivity contribution in [2.45, 2.75) is 17.2 Å². The maximum Gasteiger partial charge on any atom is 0.274 e. The van der Waals surface area contributed by atoms with Gasteiger partial charge in [-0.3, -0.25) is 4.79 Å². The van der Waals surface area contributed by atoms with Crippen LogP contribution in [0.15, 0.2) is 53.4 Å². The topological polar surface area (TPSA) is 73.4 Å². The van der Waals surface area contributed by atoms with Gasteiger partial charge in [0, 0.05) is 41.4 Å². The molecule has 2 aliphatic heterocycles. The van der Waals surface area contributed by atoms with E-state index in [9.17, 15) is 4.79 Å². The normalized spacial score (nSPS) is 15.7. The first-order valence-corrected chi connectivity index (χ1v) is 10.8. The second-order valence-electron chi connectivity index (χ2n) is 7.15. The zero-order valence-electron chi connectivity index (χ0n) is 16.0. The van der Waals surface area contributed by atoms with Crippen LogP contribution in [0.3, 0.4) is 0 Å². The lowest BCUT2D eigenvalue weighted by molar-refractivity contribution is 0.0298. The van der Waals surface area contributed by atoms with Gasteiger partial charge in [0.25, 0.3) is 5.91 Å². The van der Waals surface area contributed by atoms with Crippen LogP contribution in [0.4, 0.5) is 0 Å². The average molecular weight is 407 g/mol. The highest BCUT2D eigenvalue weighted by Gasteiger charge is 2.31. The number of ether oxygens (including phenoxy) is 1. The summed E-state index contributed by atoms with van der Waals surface area (Å²) in [7, 11) is 0. The van der Waals surface area contributed by atoms with Crippen LogP contribution >= 0.6 is 11.8 Å². The third-order valence-corrected chi connectivity index (χ3v) is 6.52. The van der Waals surface area contributed by atoms with Crippen molar-refractivity contribution in [1.82, 2.24) is 14.7 Å². The molecule has 2 aromatic carbocycles. The molecule has 148 valence electrons. The first-order chi connectivity index (χ1) is 14.3. The molecule has 1 saturated heterocycles. The number of carbonyl (C=O) groups excluding carboxylic acids is 1. The van der Waals surface area contributed by atoms with Crippen molar-refractivity contribution in [3.8, 4) is 16.9 Å². The molecule has 1 fully saturated rings. The number of nitrogens with zero attached hydrogens (tertiary/aromatic N) is 3. The number of hydrogen-bond donors (Lipinski definition) is 1. The van der Waals surface area contributed by atoms with E-state index >= 15 is 0 Å². The maximum atomic E-state index is 13.3. The first kappa shape index (κ1) is 18.4. The molecule has 0 saturated carbocycles. The standard InChI is InChI=1S/C22H22N4O2S/c23-13-15-5-7-16(8-6-15)26-21-17-3-1-2-4-19(17)29-14-18(21)20(24-26)22(27)25-9-11-28-12-10-25/h1-8H,9-14,23H2. The van der Waals surface area contributed by atoms with Crippen LogP contribution < -0.4 is 5.73 Å². The summed E-state index contributed by atoms with van der Waals surface area (Å²) in [6, 6.07) is 16.4. The molecule has 0 bridgehead atoms. The Hall–Kier alpha value is -2.61. The van der Waals surface area contributed by atoms with Gasteiger partial charge in [0.15, 0.2) is 5.69 Å². The average Bonchev–Trinajstić information content (AvgIpc) is 3.19. The molecule has 0 radical (unpaired) electrons. The molecule has 2 aliphatic rings. The van der Waals surface area contributed by atoms with Crippen molar-refractivity contribution < 1.29 is 9.53 Å². The van der Waals surface area contributed by atoms with Crippen molar-refractivity contribution in [3.63, 3.8) is 0 Å². The molecule has 1 amide bonds. The first-order valence-electron chi connectivity index (χ1n) is 9.77. The minimum atomic E-state index is -0.0122. The number of carbonyl (C=O) groups is 1. The van der Waals surface area contributed by atoms with Crippen molar-refractivity contribution in [2.24, 2.45) is 5.73 Å². The smallest absolute Gasteiger partial charge is 0.274 e. The molecular formula is C22H22N4O2S. The Morgan fingerprint density at radius 2 is 1.86 bits per heavy atom. The quantitative estimate of drug-likeness (QED) is 0.724. The molecule has 6 nitrogen and oxygen atoms in total. The molecule has 7 heteroatoms. The third-order valence-electron chi connectivity index (χ3n) is 5.42. The Bertz CT molecular complexity index is 1060. The molecule has 3 heterocycles. The van der Waals surface area contributed by atoms with Crippen molar-refractivity contribution in [3.05, 3.63) is 65.4 Å². The van der Waals surface area contributed by atoms with Gasteiger partial charge in [0.1, 0.15) is 0 Å². The van der Waals surface area contributed by atoms with Crippen LogP contribution in [-0.2, 0) is 17.0 Å². The molecule has 3 aromatic rings. The van der Waals surface area contributed by atoms with Crippen molar-refractivity contribution in [2.75, 3.05) is 26.3 Å². The molecule has 2 N–H and O–H groups in total. The number of benzene rings is 2. The molecule has 29 heavy (non-hydrogen) atoms. The SMILES string of the molecule is NCc1ccc(-n2nc(C(=O)N3CCOCC3)c3c2-c2ccccc2SC3)cc1. The van der Waals surface area contributed by atoms with Gasteiger partial charge in [-0.05, 0) is 23.8 Å². The van der Waals surface area contributed by atoms with Gasteiger partial charge in [0.05, 0.1) is 24.6 Å². The zero-order valence-corrected chi connectivity index (χ0v) is 16.8. The number of morpholine rings is 1. The van der Waals surface area contributed by atoms with Gasteiger partial charge in [-0.1, -0.05) is 30.3 Å². The Kier molecular flexibility index (Phi) is 4.87. The minimum absolute atomic E-state index is 0.0122. The summed E-state index contributed by atoms with van der Waals surface area (Å²) >= 11 is 1.76. The number of fused-ring (bicyclic) bond motifs is 3. The molecule has 0 spiro atoms. The largest absolute Gasteiger partial charge is 0.378 e. The Morgan fingerprint density at radius 3 is 2.62 bits per heavy atom. The van der Waals surface area contributed by atoms with E-state index in [1.165, 1.54) is 4.90 Å². The van der Waals surface area contributed by atoms with E-state index in [0.717, 1.165) is 33.8 Å². The summed E-state index contributed by atoms with van der Waals surface area (Å²) in [5.74, 6) is 0.723. The summed E-state index contributed by atoms with van der Waals surface area (Å²) in [5, 5.41) is 4.83. The minimum Gasteiger partial charge on any atom is -0.378 e. The summed E-state index contributed by atoms with van der Waals surface area (Å²) < 4.78 is 7.33. The molecular weight excluding hydrogens is 384 g/mol. The van der Waals surface area contributed by atoms with Gasteiger partial charge in [-0.15, -0.1) is 11.8 Å². The van der Waals surface area contributed by atoms with E-state index in [2.05, 4.69) is 12.1 Å². The number of hydrogen-bond acceptors (Lipinski definition) is 5. The highest BCUT2D eigenvalue weighted by molar-refractivity contribution is 7.98. The van der Waals surface area contributed by atoms with Crippen molar-refractivity contribution in [1.29, 1.82) is 0 Å². The van der Waals surface area contributed by atoms with E-state index < -0.39 is 0 Å². The number of nitrogens with two attached hydrogens (primary N) is 1. The van der Waals surface area contributed by atoms with Gasteiger partial charge < -0.3 is 15.4 Å². The fourth-order valence-corrected chi connectivity index (χ4v) is 4.92. The van der Waals surface area contributed by atoms with Crippen LogP contribution in [-0.4, -0.2) is 46.9 Å². The van der Waals surface area contributed by atoms with Gasteiger partial charge in [0.2, 0.25) is 0 Å². The van der Waals surface area contributed by atoms with Crippen molar-refractivity contribution >= 4 is 17.7 Å². The van der Waals surface area contributed by atoms with Crippen LogP contribution in [0.1, 0.15) is 21.6 Å². The van der Waals surface area contributed by atoms with Crippen LogP contribution in [0.25, 0.3) is 16.9 Å². The van der Waals surface area contributed by atoms with Gasteiger partial charge in [-0.25, -0.2) is 4.68 Å². The summed E-state index contributed by atoms with van der Waals surface area (Å²) in [5.41, 5.74) is 11.4. The number of rotatable bonds is 3. The summed E-state index contributed by atoms with van der Waals surface area (Å²) in [6.45, 7) is 2.86. The maximum absolute atomic E-state index is 13.3. The lowest BCUT2D eigenvalue weighted by Gasteiger charge is -2.26. The van der Waals surface area contributed by atoms with Crippen LogP contribution in [0, 0.1) is 0 Å². The lowest BCUT2D eigenvalue weighted by Crippen LogP contribution is -2.41. The molecule has 0 unspecified atom stereocenters. The van der Waals surface area contributed by atoms with E-state index in [4.69, 9.17) is 15.6 Å². The zero-order chi connectivity index (χ0) is 19.8. The third kappa shape index (κ3) is 3.25. The molecule has 0 aliphatic carbocycles. The highest BCUT2D eigenvalue weighted by atomic mass is 32.2. The van der Waals surface area contributed by atoms with E-state index in [1.807, 2.05) is 46.0 Å². The molecule has 0 atom stereocenters. The number of amides is 1. The number of thioether (sulfide) groups is 1. The Morgan fingerprint density at radius 1 is 1.10 bits per heavy atom. The molecule has 1 aromatic heterocycles. The Balaban J connectivity index is 1.66. The number of aromatic nitrogens is 2. The van der Waals surface area contributed by atoms with E-state index in [-0.39, 0.29) is 5.91 Å². The summed E-state index contributed by atoms with van der Waals surface area (Å²) in [6.07, 6.45) is 0. The fraction of sp³-hybridized carbons (Fsp3) is 0.273. The highest BCUT2D eigenvalue weighted by Crippen LogP contribution is 2.43. The second kappa shape index (κ2) is 7.67. The Labute approximate surface area is 173 Å². The van der Waals surface area contributed by atoms with Gasteiger partial charge in [-0.2, -0.15) is 5.10 Å². The monoisotopic (exact) mass is 406 g/mol. The fourth-order valence-electron chi connectivity index (χ4n) is 3.85. The van der Waals surface area contributed by atoms with Crippen LogP contribution in [0.5, 0.6) is 0 Å². The predicted octanol–water partition coefficient (Wildman–Crippen LogP) is 3.08. The van der Waals surface area contributed by atoms with Gasteiger partial charge >= 0.3 is 0 Å². The van der Waals surface area contributed by atoms with Crippen LogP contribution in [0.2, 0.25) is 0 Å². The molecule has 5 rings (SSSR count). The van der Waals surface area contributed by atoms with E-state index in [1.54, 1.807) is 11.8 Å². The second-order valence-corrected chi connectivity index (χ2v) is 8.16.